The second-order valence-electron chi connectivity index (χ2n) is 5.60. The molecule has 0 saturated carbocycles. The minimum atomic E-state index is -0.239. The molecule has 142 valence electrons. The highest BCUT2D eigenvalue weighted by atomic mass is 16.5. The van der Waals surface area contributed by atoms with Gasteiger partial charge in [0.1, 0.15) is 6.61 Å². The molecule has 0 unspecified atom stereocenters. The summed E-state index contributed by atoms with van der Waals surface area (Å²) in [7, 11) is 3.17. The number of amides is 2. The van der Waals surface area contributed by atoms with Gasteiger partial charge in [0, 0.05) is 26.2 Å². The lowest BCUT2D eigenvalue weighted by atomic mass is 10.2. The Kier molecular flexibility index (Phi) is 8.98. The average Bonchev–Trinajstić information content (AvgIpc) is 2.65. The Morgan fingerprint density at radius 2 is 1.88 bits per heavy atom. The van der Waals surface area contributed by atoms with Gasteiger partial charge in [-0.3, -0.25) is 9.59 Å². The predicted molar refractivity (Wildman–Crippen MR) is 103 cm³/mol. The Balaban J connectivity index is 2.75. The Morgan fingerprint density at radius 3 is 2.46 bits per heavy atom. The molecule has 26 heavy (non-hydrogen) atoms. The first kappa shape index (κ1) is 21.3. The first-order valence-electron chi connectivity index (χ1n) is 8.59. The monoisotopic (exact) mass is 360 g/mol. The van der Waals surface area contributed by atoms with Crippen LogP contribution in [0.3, 0.4) is 0 Å². The summed E-state index contributed by atoms with van der Waals surface area (Å²) in [5.74, 6) is 0.880. The molecule has 0 aliphatic rings. The Labute approximate surface area is 155 Å². The fourth-order valence-electron chi connectivity index (χ4n) is 2.31. The van der Waals surface area contributed by atoms with E-state index < -0.39 is 0 Å². The maximum atomic E-state index is 12.2. The number of carbonyl (C=O) groups is 2. The molecule has 1 rings (SSSR count). The van der Waals surface area contributed by atoms with Crippen molar-refractivity contribution in [2.45, 2.75) is 13.8 Å². The summed E-state index contributed by atoms with van der Waals surface area (Å²) in [6, 6.07) is 5.38. The number of ether oxygens (including phenoxy) is 2. The molecule has 0 saturated heterocycles. The zero-order valence-electron chi connectivity index (χ0n) is 16.0. The molecule has 6 nitrogen and oxygen atoms in total. The fourth-order valence-corrected chi connectivity index (χ4v) is 2.31. The van der Waals surface area contributed by atoms with E-state index in [1.807, 2.05) is 19.9 Å². The second-order valence-corrected chi connectivity index (χ2v) is 5.60. The first-order valence-corrected chi connectivity index (χ1v) is 8.59. The van der Waals surface area contributed by atoms with Crippen LogP contribution in [0.15, 0.2) is 36.9 Å². The van der Waals surface area contributed by atoms with Crippen molar-refractivity contribution in [1.29, 1.82) is 0 Å². The topological polar surface area (TPSA) is 59.1 Å². The van der Waals surface area contributed by atoms with Gasteiger partial charge in [-0.15, -0.1) is 0 Å². The van der Waals surface area contributed by atoms with Crippen molar-refractivity contribution in [3.8, 4) is 11.5 Å². The van der Waals surface area contributed by atoms with Crippen LogP contribution in [-0.2, 0) is 9.59 Å². The SMILES string of the molecule is C=CCOc1ccc(/C=C/C(=O)N(C)CC(=O)N(CC)CC)cc1OC. The van der Waals surface area contributed by atoms with Gasteiger partial charge in [0.15, 0.2) is 11.5 Å². The summed E-state index contributed by atoms with van der Waals surface area (Å²) in [5, 5.41) is 0. The lowest BCUT2D eigenvalue weighted by Crippen LogP contribution is -2.40. The summed E-state index contributed by atoms with van der Waals surface area (Å²) < 4.78 is 10.8. The van der Waals surface area contributed by atoms with Crippen molar-refractivity contribution in [3.63, 3.8) is 0 Å². The van der Waals surface area contributed by atoms with E-state index in [1.165, 1.54) is 11.0 Å². The van der Waals surface area contributed by atoms with Gasteiger partial charge in [-0.05, 0) is 37.6 Å². The van der Waals surface area contributed by atoms with Crippen LogP contribution in [0.1, 0.15) is 19.4 Å². The quantitative estimate of drug-likeness (QED) is 0.475. The summed E-state index contributed by atoms with van der Waals surface area (Å²) in [6.07, 6.45) is 4.77. The van der Waals surface area contributed by atoms with Crippen molar-refractivity contribution >= 4 is 17.9 Å². The molecule has 0 aliphatic heterocycles. The van der Waals surface area contributed by atoms with Gasteiger partial charge < -0.3 is 19.3 Å². The molecule has 6 heteroatoms. The van der Waals surface area contributed by atoms with Crippen LogP contribution in [0, 0.1) is 0 Å². The summed E-state index contributed by atoms with van der Waals surface area (Å²) >= 11 is 0. The molecule has 1 aromatic carbocycles. The van der Waals surface area contributed by atoms with E-state index >= 15 is 0 Å². The number of nitrogens with zero attached hydrogens (tertiary/aromatic N) is 2. The molecule has 0 aromatic heterocycles. The molecular formula is C20H28N2O4. The van der Waals surface area contributed by atoms with Crippen molar-refractivity contribution in [1.82, 2.24) is 9.80 Å². The zero-order chi connectivity index (χ0) is 19.5. The van der Waals surface area contributed by atoms with E-state index in [1.54, 1.807) is 43.3 Å². The van der Waals surface area contributed by atoms with Gasteiger partial charge >= 0.3 is 0 Å². The molecular weight excluding hydrogens is 332 g/mol. The number of hydrogen-bond acceptors (Lipinski definition) is 4. The number of likely N-dealkylation sites (N-methyl/N-ethyl adjacent to an activating group) is 2. The minimum absolute atomic E-state index is 0.0580. The fraction of sp³-hybridized carbons (Fsp3) is 0.400. The van der Waals surface area contributed by atoms with E-state index in [0.717, 1.165) is 5.56 Å². The summed E-state index contributed by atoms with van der Waals surface area (Å²) in [4.78, 5) is 27.4. The van der Waals surface area contributed by atoms with E-state index in [9.17, 15) is 9.59 Å². The van der Waals surface area contributed by atoms with Crippen LogP contribution in [0.25, 0.3) is 6.08 Å². The van der Waals surface area contributed by atoms with Crippen LogP contribution in [0.2, 0.25) is 0 Å². The number of carbonyl (C=O) groups excluding carboxylic acids is 2. The van der Waals surface area contributed by atoms with Gasteiger partial charge in [0.25, 0.3) is 0 Å². The lowest BCUT2D eigenvalue weighted by molar-refractivity contribution is -0.136. The second kappa shape index (κ2) is 11.0. The Bertz CT molecular complexity index is 651. The average molecular weight is 360 g/mol. The zero-order valence-corrected chi connectivity index (χ0v) is 16.0. The van der Waals surface area contributed by atoms with Crippen LogP contribution in [0.4, 0.5) is 0 Å². The van der Waals surface area contributed by atoms with Gasteiger partial charge in [-0.2, -0.15) is 0 Å². The molecule has 0 spiro atoms. The molecule has 0 N–H and O–H groups in total. The molecule has 1 aromatic rings. The van der Waals surface area contributed by atoms with E-state index in [-0.39, 0.29) is 18.4 Å². The van der Waals surface area contributed by atoms with Crippen LogP contribution < -0.4 is 9.47 Å². The maximum Gasteiger partial charge on any atom is 0.246 e. The van der Waals surface area contributed by atoms with E-state index in [0.29, 0.717) is 31.2 Å². The third-order valence-corrected chi connectivity index (χ3v) is 3.83. The minimum Gasteiger partial charge on any atom is -0.493 e. The third kappa shape index (κ3) is 6.27. The van der Waals surface area contributed by atoms with Crippen molar-refractivity contribution in [2.24, 2.45) is 0 Å². The number of hydrogen-bond donors (Lipinski definition) is 0. The highest BCUT2D eigenvalue weighted by Gasteiger charge is 2.14. The largest absolute Gasteiger partial charge is 0.493 e. The predicted octanol–water partition coefficient (Wildman–Crippen LogP) is 2.60. The summed E-state index contributed by atoms with van der Waals surface area (Å²) in [6.45, 7) is 9.15. The molecule has 0 radical (unpaired) electrons. The van der Waals surface area contributed by atoms with Crippen LogP contribution in [0.5, 0.6) is 11.5 Å². The Morgan fingerprint density at radius 1 is 1.19 bits per heavy atom. The van der Waals surface area contributed by atoms with Gasteiger partial charge in [-0.25, -0.2) is 0 Å². The van der Waals surface area contributed by atoms with Crippen molar-refractivity contribution in [2.75, 3.05) is 40.4 Å². The number of methoxy groups -OCH3 is 1. The van der Waals surface area contributed by atoms with Gasteiger partial charge in [0.05, 0.1) is 13.7 Å². The lowest BCUT2D eigenvalue weighted by Gasteiger charge is -2.22. The molecule has 0 aliphatic carbocycles. The summed E-state index contributed by atoms with van der Waals surface area (Å²) in [5.41, 5.74) is 0.796. The van der Waals surface area contributed by atoms with Gasteiger partial charge in [0.2, 0.25) is 11.8 Å². The Hall–Kier alpha value is -2.76. The van der Waals surface area contributed by atoms with Crippen molar-refractivity contribution in [3.05, 3.63) is 42.5 Å². The smallest absolute Gasteiger partial charge is 0.246 e. The molecule has 0 fully saturated rings. The standard InChI is InChI=1S/C20H28N2O4/c1-6-13-26-17-11-9-16(14-18(17)25-5)10-12-19(23)21(4)15-20(24)22(7-2)8-3/h6,9-12,14H,1,7-8,13,15H2,2-5H3/b12-10+. The van der Waals surface area contributed by atoms with Crippen LogP contribution >= 0.6 is 0 Å². The van der Waals surface area contributed by atoms with Gasteiger partial charge in [-0.1, -0.05) is 18.7 Å². The van der Waals surface area contributed by atoms with Crippen molar-refractivity contribution < 1.29 is 19.1 Å². The third-order valence-electron chi connectivity index (χ3n) is 3.83. The van der Waals surface area contributed by atoms with Crippen LogP contribution in [-0.4, -0.2) is 62.0 Å². The molecule has 0 heterocycles. The molecule has 0 atom stereocenters. The molecule has 0 bridgehead atoms. The first-order chi connectivity index (χ1) is 12.5. The maximum absolute atomic E-state index is 12.2. The highest BCUT2D eigenvalue weighted by molar-refractivity contribution is 5.94. The number of rotatable bonds is 10. The van der Waals surface area contributed by atoms with E-state index in [4.69, 9.17) is 9.47 Å². The molecule has 2 amide bonds. The highest BCUT2D eigenvalue weighted by Crippen LogP contribution is 2.28. The van der Waals surface area contributed by atoms with E-state index in [2.05, 4.69) is 6.58 Å². The normalized spacial score (nSPS) is 10.5. The number of benzene rings is 1.